The van der Waals surface area contributed by atoms with E-state index in [-0.39, 0.29) is 11.9 Å². The van der Waals surface area contributed by atoms with Gasteiger partial charge in [-0.15, -0.1) is 0 Å². The lowest BCUT2D eigenvalue weighted by atomic mass is 10.1. The molecule has 0 aliphatic carbocycles. The fraction of sp³-hybridized carbons (Fsp3) is 0.190. The number of benzene rings is 3. The van der Waals surface area contributed by atoms with Crippen LogP contribution in [0, 0.1) is 0 Å². The number of hydrogen-bond acceptors (Lipinski definition) is 2. The van der Waals surface area contributed by atoms with Crippen LogP contribution in [-0.2, 0) is 11.2 Å². The fourth-order valence-corrected chi connectivity index (χ4v) is 3.48. The molecular weight excluding hydrogens is 296 g/mol. The second-order valence-corrected chi connectivity index (χ2v) is 6.26. The normalized spacial score (nSPS) is 14.5. The average Bonchev–Trinajstić information content (AvgIpc) is 3.05. The van der Waals surface area contributed by atoms with Gasteiger partial charge in [-0.1, -0.05) is 54.6 Å². The quantitative estimate of drug-likeness (QED) is 0.784. The molecule has 1 amide bonds. The highest BCUT2D eigenvalue weighted by atomic mass is 16.2. The first-order valence-corrected chi connectivity index (χ1v) is 8.37. The molecule has 0 radical (unpaired) electrons. The van der Waals surface area contributed by atoms with Gasteiger partial charge in [-0.05, 0) is 36.4 Å². The Labute approximate surface area is 141 Å². The maximum absolute atomic E-state index is 12.8. The fourth-order valence-electron chi connectivity index (χ4n) is 3.48. The number of para-hydroxylation sites is 1. The highest BCUT2D eigenvalue weighted by molar-refractivity contribution is 6.04. The predicted molar refractivity (Wildman–Crippen MR) is 99.5 cm³/mol. The lowest BCUT2D eigenvalue weighted by Crippen LogP contribution is -2.41. The van der Waals surface area contributed by atoms with Gasteiger partial charge in [0.25, 0.3) is 0 Å². The maximum Gasteiger partial charge on any atom is 0.246 e. The Kier molecular flexibility index (Phi) is 3.69. The van der Waals surface area contributed by atoms with E-state index in [9.17, 15) is 4.79 Å². The molecule has 0 saturated carbocycles. The molecule has 0 spiro atoms. The molecule has 1 atom stereocenters. The van der Waals surface area contributed by atoms with E-state index in [0.29, 0.717) is 0 Å². The Balaban J connectivity index is 1.58. The molecule has 3 heteroatoms. The first-order chi connectivity index (χ1) is 11.7. The minimum atomic E-state index is -0.201. The predicted octanol–water partition coefficient (Wildman–Crippen LogP) is 4.23. The number of rotatable bonds is 3. The third kappa shape index (κ3) is 2.52. The van der Waals surface area contributed by atoms with E-state index >= 15 is 0 Å². The van der Waals surface area contributed by atoms with Crippen molar-refractivity contribution in [3.05, 3.63) is 72.3 Å². The van der Waals surface area contributed by atoms with Crippen LogP contribution in [0.3, 0.4) is 0 Å². The van der Waals surface area contributed by atoms with Crippen molar-refractivity contribution in [1.29, 1.82) is 0 Å². The largest absolute Gasteiger partial charge is 0.359 e. The van der Waals surface area contributed by atoms with Gasteiger partial charge in [0.05, 0.1) is 0 Å². The van der Waals surface area contributed by atoms with Gasteiger partial charge in [0, 0.05) is 23.3 Å². The van der Waals surface area contributed by atoms with E-state index in [4.69, 9.17) is 0 Å². The molecule has 3 aromatic carbocycles. The third-order valence-corrected chi connectivity index (χ3v) is 4.82. The molecular formula is C21H20N2O. The molecule has 0 bridgehead atoms. The summed E-state index contributed by atoms with van der Waals surface area (Å²) >= 11 is 0. The van der Waals surface area contributed by atoms with Crippen LogP contribution < -0.4 is 10.2 Å². The minimum Gasteiger partial charge on any atom is -0.359 e. The number of anilines is 2. The molecule has 1 aliphatic heterocycles. The molecule has 4 rings (SSSR count). The maximum atomic E-state index is 12.8. The van der Waals surface area contributed by atoms with Crippen molar-refractivity contribution < 1.29 is 4.79 Å². The molecule has 0 aromatic heterocycles. The van der Waals surface area contributed by atoms with Crippen molar-refractivity contribution >= 4 is 28.1 Å². The summed E-state index contributed by atoms with van der Waals surface area (Å²) in [6, 6.07) is 22.3. The highest BCUT2D eigenvalue weighted by Crippen LogP contribution is 2.30. The van der Waals surface area contributed by atoms with Gasteiger partial charge in [-0.2, -0.15) is 0 Å². The Morgan fingerprint density at radius 1 is 1.00 bits per heavy atom. The summed E-state index contributed by atoms with van der Waals surface area (Å²) in [6.07, 6.45) is 1.00. The van der Waals surface area contributed by atoms with Crippen LogP contribution >= 0.6 is 0 Å². The van der Waals surface area contributed by atoms with Crippen molar-refractivity contribution in [2.45, 2.75) is 19.4 Å². The minimum absolute atomic E-state index is 0.0306. The van der Waals surface area contributed by atoms with Crippen LogP contribution in [0.4, 0.5) is 11.4 Å². The summed E-state index contributed by atoms with van der Waals surface area (Å²) in [5, 5.41) is 5.32. The molecule has 1 heterocycles. The smallest absolute Gasteiger partial charge is 0.246 e. The molecule has 3 aromatic rings. The molecule has 0 fully saturated rings. The van der Waals surface area contributed by atoms with E-state index in [1.54, 1.807) is 0 Å². The standard InChI is InChI=1S/C21H20N2O/c1-15(23-14-13-17-8-3-5-12-20(17)23)21(24)22-19-11-6-9-16-7-2-4-10-18(16)19/h2-12,15H,13-14H2,1H3,(H,22,24)/t15-/m0/s1. The molecule has 0 unspecified atom stereocenters. The zero-order valence-corrected chi connectivity index (χ0v) is 13.7. The van der Waals surface area contributed by atoms with Crippen LogP contribution in [-0.4, -0.2) is 18.5 Å². The summed E-state index contributed by atoms with van der Waals surface area (Å²) < 4.78 is 0. The van der Waals surface area contributed by atoms with Gasteiger partial charge < -0.3 is 10.2 Å². The van der Waals surface area contributed by atoms with Gasteiger partial charge in [0.1, 0.15) is 6.04 Å². The summed E-state index contributed by atoms with van der Waals surface area (Å²) in [6.45, 7) is 2.87. The number of hydrogen-bond donors (Lipinski definition) is 1. The number of carbonyl (C=O) groups excluding carboxylic acids is 1. The second-order valence-electron chi connectivity index (χ2n) is 6.26. The molecule has 120 valence electrons. The topological polar surface area (TPSA) is 32.3 Å². The van der Waals surface area contributed by atoms with Crippen LogP contribution in [0.2, 0.25) is 0 Å². The number of fused-ring (bicyclic) bond motifs is 2. The molecule has 24 heavy (non-hydrogen) atoms. The number of nitrogens with zero attached hydrogens (tertiary/aromatic N) is 1. The van der Waals surface area contributed by atoms with Crippen molar-refractivity contribution in [3.63, 3.8) is 0 Å². The van der Waals surface area contributed by atoms with Crippen molar-refractivity contribution in [1.82, 2.24) is 0 Å². The van der Waals surface area contributed by atoms with E-state index in [0.717, 1.165) is 29.4 Å². The van der Waals surface area contributed by atoms with Crippen LogP contribution in [0.5, 0.6) is 0 Å². The van der Waals surface area contributed by atoms with E-state index in [1.807, 2.05) is 43.3 Å². The van der Waals surface area contributed by atoms with Gasteiger partial charge >= 0.3 is 0 Å². The average molecular weight is 316 g/mol. The Hall–Kier alpha value is -2.81. The van der Waals surface area contributed by atoms with Crippen LogP contribution in [0.15, 0.2) is 66.7 Å². The summed E-state index contributed by atoms with van der Waals surface area (Å²) in [5.41, 5.74) is 3.37. The van der Waals surface area contributed by atoms with Gasteiger partial charge in [0.15, 0.2) is 0 Å². The molecule has 3 nitrogen and oxygen atoms in total. The number of nitrogens with one attached hydrogen (secondary N) is 1. The first kappa shape index (κ1) is 14.8. The van der Waals surface area contributed by atoms with Gasteiger partial charge in [-0.3, -0.25) is 4.79 Å². The van der Waals surface area contributed by atoms with E-state index in [2.05, 4.69) is 40.5 Å². The summed E-state index contributed by atoms with van der Waals surface area (Å²) in [4.78, 5) is 15.0. The first-order valence-electron chi connectivity index (χ1n) is 8.37. The zero-order valence-electron chi connectivity index (χ0n) is 13.7. The Bertz CT molecular complexity index is 898. The zero-order chi connectivity index (χ0) is 16.5. The monoisotopic (exact) mass is 316 g/mol. The highest BCUT2D eigenvalue weighted by Gasteiger charge is 2.27. The van der Waals surface area contributed by atoms with Gasteiger partial charge in [0.2, 0.25) is 5.91 Å². The van der Waals surface area contributed by atoms with Crippen molar-refractivity contribution in [2.24, 2.45) is 0 Å². The summed E-state index contributed by atoms with van der Waals surface area (Å²) in [7, 11) is 0. The lowest BCUT2D eigenvalue weighted by Gasteiger charge is -2.26. The van der Waals surface area contributed by atoms with Crippen LogP contribution in [0.1, 0.15) is 12.5 Å². The molecule has 1 N–H and O–H groups in total. The third-order valence-electron chi connectivity index (χ3n) is 4.82. The Morgan fingerprint density at radius 3 is 2.67 bits per heavy atom. The lowest BCUT2D eigenvalue weighted by molar-refractivity contribution is -0.117. The van der Waals surface area contributed by atoms with Crippen LogP contribution in [0.25, 0.3) is 10.8 Å². The van der Waals surface area contributed by atoms with Crippen molar-refractivity contribution in [3.8, 4) is 0 Å². The number of carbonyl (C=O) groups is 1. The molecule has 1 aliphatic rings. The second kappa shape index (κ2) is 6.00. The number of amides is 1. The Morgan fingerprint density at radius 2 is 1.75 bits per heavy atom. The van der Waals surface area contributed by atoms with E-state index < -0.39 is 0 Å². The SMILES string of the molecule is C[C@@H](C(=O)Nc1cccc2ccccc12)N1CCc2ccccc21. The van der Waals surface area contributed by atoms with Gasteiger partial charge in [-0.25, -0.2) is 0 Å². The van der Waals surface area contributed by atoms with E-state index in [1.165, 1.54) is 11.3 Å². The molecule has 0 saturated heterocycles. The van der Waals surface area contributed by atoms with Crippen molar-refractivity contribution in [2.75, 3.05) is 16.8 Å². The summed E-state index contributed by atoms with van der Waals surface area (Å²) in [5.74, 6) is 0.0306.